The van der Waals surface area contributed by atoms with E-state index in [1.54, 1.807) is 6.92 Å². The van der Waals surface area contributed by atoms with E-state index in [0.717, 1.165) is 11.3 Å². The quantitative estimate of drug-likeness (QED) is 0.626. The van der Waals surface area contributed by atoms with Gasteiger partial charge >= 0.3 is 0 Å². The third-order valence-corrected chi connectivity index (χ3v) is 8.48. The Labute approximate surface area is 129 Å². The highest BCUT2D eigenvalue weighted by molar-refractivity contribution is 7.95. The van der Waals surface area contributed by atoms with E-state index in [1.165, 1.54) is 6.07 Å². The molecule has 3 N–H and O–H groups in total. The number of fused-ring (bicyclic) bond motifs is 1. The number of hydrogen-bond donors (Lipinski definition) is 2. The van der Waals surface area contributed by atoms with Crippen molar-refractivity contribution in [3.8, 4) is 0 Å². The average Bonchev–Trinajstić information content (AvgIpc) is 2.72. The Morgan fingerprint density at radius 3 is 2.60 bits per heavy atom. The smallest absolute Gasteiger partial charge is 0.247 e. The summed E-state index contributed by atoms with van der Waals surface area (Å²) in [4.78, 5) is 0. The maximum Gasteiger partial charge on any atom is 0.247 e. The molecule has 1 aromatic heterocycles. The molecule has 0 fully saturated rings. The van der Waals surface area contributed by atoms with Gasteiger partial charge in [-0.15, -0.1) is 11.3 Å². The second kappa shape index (κ2) is 5.90. The molecule has 0 unspecified atom stereocenters. The number of halogens is 1. The van der Waals surface area contributed by atoms with Gasteiger partial charge in [0.05, 0.1) is 5.25 Å². The topological polar surface area (TPSA) is 106 Å². The Balaban J connectivity index is 0.00000200. The SMILES string of the molecule is CCN[C@H]1C[C@H](C)S(=O)(=O)c2sc(S(N)(=O)=O)cc21.[Cl-]. The molecule has 0 saturated heterocycles. The average molecular weight is 360 g/mol. The maximum absolute atomic E-state index is 12.2. The number of sulfonamides is 1. The number of nitrogens with one attached hydrogen (secondary N) is 1. The Morgan fingerprint density at radius 1 is 1.50 bits per heavy atom. The summed E-state index contributed by atoms with van der Waals surface area (Å²) in [6, 6.07) is 1.23. The van der Waals surface area contributed by atoms with E-state index in [0.29, 0.717) is 18.5 Å². The van der Waals surface area contributed by atoms with Crippen molar-refractivity contribution in [2.24, 2.45) is 5.14 Å². The number of nitrogens with two attached hydrogens (primary N) is 1. The third kappa shape index (κ3) is 3.02. The van der Waals surface area contributed by atoms with Crippen molar-refractivity contribution in [2.75, 3.05) is 6.54 Å². The van der Waals surface area contributed by atoms with E-state index >= 15 is 0 Å². The molecule has 10 heteroatoms. The van der Waals surface area contributed by atoms with Crippen LogP contribution in [0, 0.1) is 0 Å². The van der Waals surface area contributed by atoms with Gasteiger partial charge in [-0.3, -0.25) is 0 Å². The molecule has 0 bridgehead atoms. The van der Waals surface area contributed by atoms with Crippen LogP contribution >= 0.6 is 11.3 Å². The first-order valence-corrected chi connectivity index (χ1v) is 9.72. The van der Waals surface area contributed by atoms with Gasteiger partial charge in [-0.25, -0.2) is 22.0 Å². The molecule has 0 aromatic carbocycles. The highest BCUT2D eigenvalue weighted by Crippen LogP contribution is 2.42. The Morgan fingerprint density at radius 2 is 2.10 bits per heavy atom. The van der Waals surface area contributed by atoms with Crippen LogP contribution in [0.2, 0.25) is 0 Å². The fourth-order valence-corrected chi connectivity index (χ4v) is 6.60. The Kier molecular flexibility index (Phi) is 5.27. The number of sulfone groups is 1. The van der Waals surface area contributed by atoms with Crippen LogP contribution in [-0.4, -0.2) is 28.6 Å². The zero-order chi connectivity index (χ0) is 14.4. The fourth-order valence-electron chi connectivity index (χ4n) is 2.18. The summed E-state index contributed by atoms with van der Waals surface area (Å²) >= 11 is 0.742. The second-order valence-electron chi connectivity index (χ2n) is 4.55. The summed E-state index contributed by atoms with van der Waals surface area (Å²) in [7, 11) is -7.33. The van der Waals surface area contributed by atoms with Crippen molar-refractivity contribution in [1.82, 2.24) is 5.32 Å². The normalized spacial score (nSPS) is 24.8. The van der Waals surface area contributed by atoms with Gasteiger partial charge in [0.2, 0.25) is 10.0 Å². The van der Waals surface area contributed by atoms with Crippen LogP contribution in [-0.2, 0) is 19.9 Å². The molecule has 2 atom stereocenters. The molecule has 0 aliphatic carbocycles. The lowest BCUT2D eigenvalue weighted by Crippen LogP contribution is -3.00. The van der Waals surface area contributed by atoms with Gasteiger partial charge in [0, 0.05) is 11.6 Å². The lowest BCUT2D eigenvalue weighted by atomic mass is 10.1. The predicted octanol–water partition coefficient (Wildman–Crippen LogP) is -2.38. The zero-order valence-electron chi connectivity index (χ0n) is 11.0. The van der Waals surface area contributed by atoms with Crippen LogP contribution in [0.15, 0.2) is 14.5 Å². The van der Waals surface area contributed by atoms with Crippen molar-refractivity contribution in [3.63, 3.8) is 0 Å². The van der Waals surface area contributed by atoms with Crippen LogP contribution in [0.5, 0.6) is 0 Å². The number of primary sulfonamides is 1. The van der Waals surface area contributed by atoms with Gasteiger partial charge in [-0.2, -0.15) is 0 Å². The van der Waals surface area contributed by atoms with Crippen LogP contribution in [0.1, 0.15) is 31.9 Å². The first-order chi connectivity index (χ1) is 8.67. The van der Waals surface area contributed by atoms with Gasteiger partial charge in [-0.05, 0) is 26.0 Å². The van der Waals surface area contributed by atoms with Gasteiger partial charge in [-0.1, -0.05) is 6.92 Å². The van der Waals surface area contributed by atoms with Gasteiger partial charge in [0.15, 0.2) is 9.84 Å². The molecule has 0 spiro atoms. The molecule has 0 saturated carbocycles. The maximum atomic E-state index is 12.2. The van der Waals surface area contributed by atoms with Crippen molar-refractivity contribution >= 4 is 31.2 Å². The van der Waals surface area contributed by atoms with E-state index in [-0.39, 0.29) is 26.9 Å². The van der Waals surface area contributed by atoms with Crippen molar-refractivity contribution in [3.05, 3.63) is 11.6 Å². The first kappa shape index (κ1) is 17.9. The van der Waals surface area contributed by atoms with E-state index < -0.39 is 25.1 Å². The van der Waals surface area contributed by atoms with Gasteiger partial charge in [0.25, 0.3) is 0 Å². The Bertz CT molecular complexity index is 696. The molecule has 20 heavy (non-hydrogen) atoms. The molecule has 6 nitrogen and oxygen atoms in total. The van der Waals surface area contributed by atoms with Gasteiger partial charge < -0.3 is 17.7 Å². The summed E-state index contributed by atoms with van der Waals surface area (Å²) in [5.74, 6) is 0. The van der Waals surface area contributed by atoms with E-state index in [2.05, 4.69) is 5.32 Å². The largest absolute Gasteiger partial charge is 1.00 e. The standard InChI is InChI=1S/C10H16N2O4S3.ClH/c1-3-12-8-4-6(2)18(13,14)10-7(8)5-9(17-10)19(11,15)16;/h5-6,8,12H,3-4H2,1-2H3,(H2,11,15,16);1H/p-1/t6-,8-;/m0./s1. The lowest BCUT2D eigenvalue weighted by molar-refractivity contribution is -0.00000900. The molecule has 0 amide bonds. The minimum absolute atomic E-state index is 0. The summed E-state index contributed by atoms with van der Waals surface area (Å²) in [5.41, 5.74) is 0.522. The monoisotopic (exact) mass is 359 g/mol. The molecule has 0 radical (unpaired) electrons. The molecule has 116 valence electrons. The first-order valence-electron chi connectivity index (χ1n) is 5.81. The highest BCUT2D eigenvalue weighted by atomic mass is 35.5. The van der Waals surface area contributed by atoms with Crippen LogP contribution in [0.4, 0.5) is 0 Å². The summed E-state index contributed by atoms with van der Waals surface area (Å²) in [6.07, 6.45) is 0.434. The van der Waals surface area contributed by atoms with Crippen molar-refractivity contribution in [1.29, 1.82) is 0 Å². The van der Waals surface area contributed by atoms with E-state index in [9.17, 15) is 16.8 Å². The molecular formula is C10H16ClN2O4S3-. The van der Waals surface area contributed by atoms with Gasteiger partial charge in [0.1, 0.15) is 8.42 Å². The summed E-state index contributed by atoms with van der Waals surface area (Å²) < 4.78 is 47.3. The number of thiophene rings is 1. The molecule has 2 rings (SSSR count). The molecule has 2 heterocycles. The Hall–Kier alpha value is -0.190. The van der Waals surface area contributed by atoms with Crippen molar-refractivity contribution < 1.29 is 29.2 Å². The highest BCUT2D eigenvalue weighted by Gasteiger charge is 2.39. The van der Waals surface area contributed by atoms with Crippen LogP contribution in [0.3, 0.4) is 0 Å². The van der Waals surface area contributed by atoms with Crippen molar-refractivity contribution in [2.45, 2.75) is 40.0 Å². The molecule has 1 aliphatic rings. The summed E-state index contributed by atoms with van der Waals surface area (Å²) in [5, 5.41) is 7.73. The van der Waals surface area contributed by atoms with Crippen LogP contribution in [0.25, 0.3) is 0 Å². The second-order valence-corrected chi connectivity index (χ2v) is 9.96. The number of hydrogen-bond acceptors (Lipinski definition) is 6. The molecular weight excluding hydrogens is 344 g/mol. The minimum Gasteiger partial charge on any atom is -1.00 e. The van der Waals surface area contributed by atoms with E-state index in [4.69, 9.17) is 5.14 Å². The third-order valence-electron chi connectivity index (χ3n) is 3.16. The van der Waals surface area contributed by atoms with E-state index in [1.807, 2.05) is 6.92 Å². The molecule has 1 aromatic rings. The minimum atomic E-state index is -3.88. The number of rotatable bonds is 3. The summed E-state index contributed by atoms with van der Waals surface area (Å²) in [6.45, 7) is 4.23. The lowest BCUT2D eigenvalue weighted by Gasteiger charge is -2.27. The molecule has 1 aliphatic heterocycles. The predicted molar refractivity (Wildman–Crippen MR) is 73.4 cm³/mol. The zero-order valence-corrected chi connectivity index (χ0v) is 14.2. The van der Waals surface area contributed by atoms with Crippen LogP contribution < -0.4 is 22.9 Å². The fraction of sp³-hybridized carbons (Fsp3) is 0.600.